The number of halogens is 1. The maximum atomic E-state index is 12.2. The van der Waals surface area contributed by atoms with Crippen LogP contribution in [-0.4, -0.2) is 43.5 Å². The molecule has 2 aromatic rings. The van der Waals surface area contributed by atoms with E-state index >= 15 is 0 Å². The smallest absolute Gasteiger partial charge is 0.251 e. The predicted molar refractivity (Wildman–Crippen MR) is 106 cm³/mol. The first kappa shape index (κ1) is 20.0. The molecule has 0 unspecified atom stereocenters. The third-order valence-electron chi connectivity index (χ3n) is 4.10. The first-order valence-corrected chi connectivity index (χ1v) is 9.14. The van der Waals surface area contributed by atoms with Gasteiger partial charge in [-0.3, -0.25) is 9.59 Å². The minimum absolute atomic E-state index is 0.0411. The number of rotatable bonds is 7. The van der Waals surface area contributed by atoms with E-state index in [1.807, 2.05) is 50.2 Å². The quantitative estimate of drug-likeness (QED) is 0.749. The molecular weight excluding hydrogens is 396 g/mol. The van der Waals surface area contributed by atoms with Gasteiger partial charge in [0, 0.05) is 17.1 Å². The second kappa shape index (κ2) is 9.38. The monoisotopic (exact) mass is 418 g/mol. The van der Waals surface area contributed by atoms with Gasteiger partial charge < -0.3 is 15.0 Å². The molecule has 0 atom stereocenters. The molecule has 138 valence electrons. The Bertz CT molecular complexity index is 775. The van der Waals surface area contributed by atoms with Gasteiger partial charge in [-0.1, -0.05) is 22.0 Å². The van der Waals surface area contributed by atoms with Crippen LogP contribution >= 0.6 is 15.9 Å². The van der Waals surface area contributed by atoms with Crippen molar-refractivity contribution in [1.29, 1.82) is 0 Å². The van der Waals surface area contributed by atoms with Gasteiger partial charge in [0.1, 0.15) is 12.4 Å². The van der Waals surface area contributed by atoms with Crippen molar-refractivity contribution in [3.8, 4) is 5.75 Å². The summed E-state index contributed by atoms with van der Waals surface area (Å²) in [6.45, 7) is 4.73. The molecule has 2 amide bonds. The molecule has 0 saturated heterocycles. The van der Waals surface area contributed by atoms with E-state index in [2.05, 4.69) is 21.2 Å². The summed E-state index contributed by atoms with van der Waals surface area (Å²) in [7, 11) is 1.69. The van der Waals surface area contributed by atoms with Crippen molar-refractivity contribution in [1.82, 2.24) is 10.2 Å². The van der Waals surface area contributed by atoms with Crippen molar-refractivity contribution in [2.45, 2.75) is 13.8 Å². The maximum absolute atomic E-state index is 12.2. The highest BCUT2D eigenvalue weighted by Gasteiger charge is 2.12. The summed E-state index contributed by atoms with van der Waals surface area (Å²) in [5.41, 5.74) is 2.73. The molecule has 26 heavy (non-hydrogen) atoms. The number of ether oxygens (including phenoxy) is 1. The Morgan fingerprint density at radius 1 is 1.08 bits per heavy atom. The highest BCUT2D eigenvalue weighted by Crippen LogP contribution is 2.15. The first-order chi connectivity index (χ1) is 12.4. The van der Waals surface area contributed by atoms with Crippen LogP contribution in [-0.2, 0) is 4.79 Å². The Balaban J connectivity index is 1.74. The van der Waals surface area contributed by atoms with Crippen LogP contribution in [0.3, 0.4) is 0 Å². The number of hydrogen-bond acceptors (Lipinski definition) is 3. The van der Waals surface area contributed by atoms with Gasteiger partial charge in [-0.05, 0) is 61.4 Å². The molecule has 0 aromatic heterocycles. The normalized spacial score (nSPS) is 10.3. The third-order valence-corrected chi connectivity index (χ3v) is 4.63. The summed E-state index contributed by atoms with van der Waals surface area (Å²) in [4.78, 5) is 25.8. The van der Waals surface area contributed by atoms with Crippen LogP contribution < -0.4 is 10.1 Å². The second-order valence-electron chi connectivity index (χ2n) is 6.10. The van der Waals surface area contributed by atoms with E-state index < -0.39 is 0 Å². The fourth-order valence-corrected chi connectivity index (χ4v) is 2.50. The van der Waals surface area contributed by atoms with E-state index in [-0.39, 0.29) is 18.4 Å². The molecular formula is C20H23BrN2O3. The lowest BCUT2D eigenvalue weighted by Crippen LogP contribution is -2.39. The molecule has 2 rings (SSSR count). The highest BCUT2D eigenvalue weighted by molar-refractivity contribution is 9.10. The number of likely N-dealkylation sites (N-methyl/N-ethyl adjacent to an activating group) is 1. The topological polar surface area (TPSA) is 58.6 Å². The predicted octanol–water partition coefficient (Wildman–Crippen LogP) is 3.33. The van der Waals surface area contributed by atoms with Gasteiger partial charge >= 0.3 is 0 Å². The van der Waals surface area contributed by atoms with Gasteiger partial charge in [0.05, 0.1) is 13.1 Å². The molecule has 0 saturated carbocycles. The van der Waals surface area contributed by atoms with E-state index in [0.29, 0.717) is 18.7 Å². The van der Waals surface area contributed by atoms with Gasteiger partial charge in [0.2, 0.25) is 5.91 Å². The molecule has 1 N–H and O–H groups in total. The molecule has 0 radical (unpaired) electrons. The Morgan fingerprint density at radius 3 is 2.42 bits per heavy atom. The molecule has 2 aromatic carbocycles. The van der Waals surface area contributed by atoms with Crippen LogP contribution in [0.4, 0.5) is 0 Å². The molecule has 0 aliphatic heterocycles. The number of carbonyl (C=O) groups excluding carboxylic acids is 2. The summed E-state index contributed by atoms with van der Waals surface area (Å²) < 4.78 is 6.58. The molecule has 0 heterocycles. The Kier molecular flexibility index (Phi) is 7.21. The zero-order valence-corrected chi connectivity index (χ0v) is 16.8. The van der Waals surface area contributed by atoms with Crippen molar-refractivity contribution in [2.24, 2.45) is 0 Å². The lowest BCUT2D eigenvalue weighted by molar-refractivity contribution is -0.129. The van der Waals surface area contributed by atoms with E-state index in [4.69, 9.17) is 4.74 Å². The number of nitrogens with zero attached hydrogens (tertiary/aromatic N) is 1. The molecule has 0 fully saturated rings. The van der Waals surface area contributed by atoms with Crippen LogP contribution in [0.15, 0.2) is 46.9 Å². The molecule has 6 heteroatoms. The molecule has 0 bridgehead atoms. The average Bonchev–Trinajstić information content (AvgIpc) is 2.63. The molecule has 0 spiro atoms. The van der Waals surface area contributed by atoms with Crippen molar-refractivity contribution in [2.75, 3.05) is 26.7 Å². The van der Waals surface area contributed by atoms with Gasteiger partial charge in [-0.25, -0.2) is 0 Å². The summed E-state index contributed by atoms with van der Waals surface area (Å²) in [6, 6.07) is 13.0. The van der Waals surface area contributed by atoms with Gasteiger partial charge in [0.15, 0.2) is 0 Å². The number of aryl methyl sites for hydroxylation is 2. The Labute approximate surface area is 162 Å². The zero-order valence-electron chi connectivity index (χ0n) is 15.2. The molecule has 0 aliphatic rings. The number of carbonyl (C=O) groups is 2. The van der Waals surface area contributed by atoms with E-state index in [1.165, 1.54) is 0 Å². The average molecular weight is 419 g/mol. The van der Waals surface area contributed by atoms with E-state index in [1.54, 1.807) is 18.0 Å². The van der Waals surface area contributed by atoms with E-state index in [0.717, 1.165) is 21.3 Å². The fraction of sp³-hybridized carbons (Fsp3) is 0.300. The van der Waals surface area contributed by atoms with Crippen LogP contribution in [0.25, 0.3) is 0 Å². The fourth-order valence-electron chi connectivity index (χ4n) is 2.23. The first-order valence-electron chi connectivity index (χ1n) is 8.34. The van der Waals surface area contributed by atoms with Crippen molar-refractivity contribution < 1.29 is 14.3 Å². The van der Waals surface area contributed by atoms with Crippen LogP contribution in [0.1, 0.15) is 21.5 Å². The van der Waals surface area contributed by atoms with Gasteiger partial charge in [0.25, 0.3) is 5.91 Å². The van der Waals surface area contributed by atoms with Crippen molar-refractivity contribution in [3.05, 3.63) is 63.6 Å². The Hall–Kier alpha value is -2.34. The summed E-state index contributed by atoms with van der Waals surface area (Å²) in [6.07, 6.45) is 0. The van der Waals surface area contributed by atoms with Gasteiger partial charge in [-0.15, -0.1) is 0 Å². The SMILES string of the molecule is Cc1ccc(C(=O)NCC(=O)N(C)CCOc2ccc(Br)cc2)cc1C. The number of benzene rings is 2. The zero-order chi connectivity index (χ0) is 19.1. The number of hydrogen-bond donors (Lipinski definition) is 1. The number of nitrogens with one attached hydrogen (secondary N) is 1. The lowest BCUT2D eigenvalue weighted by Gasteiger charge is -2.18. The summed E-state index contributed by atoms with van der Waals surface area (Å²) in [5.74, 6) is 0.333. The molecule has 5 nitrogen and oxygen atoms in total. The number of amides is 2. The van der Waals surface area contributed by atoms with Gasteiger partial charge in [-0.2, -0.15) is 0 Å². The minimum Gasteiger partial charge on any atom is -0.492 e. The highest BCUT2D eigenvalue weighted by atomic mass is 79.9. The van der Waals surface area contributed by atoms with Crippen LogP contribution in [0.5, 0.6) is 5.75 Å². The van der Waals surface area contributed by atoms with E-state index in [9.17, 15) is 9.59 Å². The molecule has 0 aliphatic carbocycles. The van der Waals surface area contributed by atoms with Crippen LogP contribution in [0, 0.1) is 13.8 Å². The second-order valence-corrected chi connectivity index (χ2v) is 7.02. The maximum Gasteiger partial charge on any atom is 0.251 e. The standard InChI is InChI=1S/C20H23BrN2O3/c1-14-4-5-16(12-15(14)2)20(25)22-13-19(24)23(3)10-11-26-18-8-6-17(21)7-9-18/h4-9,12H,10-11,13H2,1-3H3,(H,22,25). The summed E-state index contributed by atoms with van der Waals surface area (Å²) >= 11 is 3.37. The minimum atomic E-state index is -0.249. The summed E-state index contributed by atoms with van der Waals surface area (Å²) in [5, 5.41) is 2.66. The van der Waals surface area contributed by atoms with Crippen molar-refractivity contribution >= 4 is 27.7 Å². The van der Waals surface area contributed by atoms with Crippen LogP contribution in [0.2, 0.25) is 0 Å². The van der Waals surface area contributed by atoms with Crippen molar-refractivity contribution in [3.63, 3.8) is 0 Å². The largest absolute Gasteiger partial charge is 0.492 e. The Morgan fingerprint density at radius 2 is 1.77 bits per heavy atom. The lowest BCUT2D eigenvalue weighted by atomic mass is 10.1. The third kappa shape index (κ3) is 5.88.